The van der Waals surface area contributed by atoms with Gasteiger partial charge in [0.25, 0.3) is 0 Å². The Morgan fingerprint density at radius 3 is 2.50 bits per heavy atom. The Kier molecular flexibility index (Phi) is 6.03. The molecule has 1 amide bonds. The normalized spacial score (nSPS) is 16.9. The number of hydrogen-bond acceptors (Lipinski definition) is 5. The zero-order valence-electron chi connectivity index (χ0n) is 13.5. The number of nitrogens with one attached hydrogen (secondary N) is 1. The molecule has 1 aromatic rings. The molecule has 0 radical (unpaired) electrons. The first-order valence-electron chi connectivity index (χ1n) is 7.52. The van der Waals surface area contributed by atoms with E-state index in [1.807, 2.05) is 14.1 Å². The van der Waals surface area contributed by atoms with Crippen molar-refractivity contribution in [3.63, 3.8) is 0 Å². The number of carbonyl (C=O) groups is 1. The molecule has 2 rings (SSSR count). The molecule has 0 aliphatic carbocycles. The fourth-order valence-electron chi connectivity index (χ4n) is 2.59. The van der Waals surface area contributed by atoms with Gasteiger partial charge in [0.2, 0.25) is 0 Å². The third-order valence-corrected chi connectivity index (χ3v) is 3.91. The van der Waals surface area contributed by atoms with Crippen LogP contribution in [0.25, 0.3) is 0 Å². The average Bonchev–Trinajstić information content (AvgIpc) is 2.56. The van der Waals surface area contributed by atoms with Crippen molar-refractivity contribution in [1.29, 1.82) is 0 Å². The molecule has 122 valence electrons. The van der Waals surface area contributed by atoms with Crippen LogP contribution >= 0.6 is 0 Å². The highest BCUT2D eigenvalue weighted by Gasteiger charge is 2.23. The summed E-state index contributed by atoms with van der Waals surface area (Å²) >= 11 is 0. The van der Waals surface area contributed by atoms with Crippen LogP contribution in [-0.4, -0.2) is 65.0 Å². The van der Waals surface area contributed by atoms with Gasteiger partial charge in [-0.25, -0.2) is 4.79 Å². The van der Waals surface area contributed by atoms with E-state index in [0.717, 1.165) is 32.0 Å². The number of ether oxygens (including phenoxy) is 2. The molecule has 6 heteroatoms. The molecule has 1 aliphatic rings. The number of amides is 1. The van der Waals surface area contributed by atoms with Crippen molar-refractivity contribution in [1.82, 2.24) is 10.2 Å². The van der Waals surface area contributed by atoms with E-state index in [-0.39, 0.29) is 6.04 Å². The van der Waals surface area contributed by atoms with E-state index < -0.39 is 6.09 Å². The number of methoxy groups -OCH3 is 1. The molecule has 0 bridgehead atoms. The van der Waals surface area contributed by atoms with Gasteiger partial charge in [0.15, 0.2) is 0 Å². The molecule has 1 heterocycles. The topological polar surface area (TPSA) is 54.0 Å². The van der Waals surface area contributed by atoms with Crippen LogP contribution in [0.4, 0.5) is 10.5 Å². The number of benzene rings is 1. The largest absolute Gasteiger partial charge is 0.453 e. The highest BCUT2D eigenvalue weighted by atomic mass is 16.5. The van der Waals surface area contributed by atoms with Gasteiger partial charge in [0, 0.05) is 39.4 Å². The van der Waals surface area contributed by atoms with Gasteiger partial charge < -0.3 is 19.7 Å². The standard InChI is InChI=1S/C16H25N3O3/c1-18(2)14-6-4-13(5-7-14)15(12-17-16(20)21-3)19-8-10-22-11-9-19/h4-7,15H,8-12H2,1-3H3,(H,17,20)/t15-/m0/s1. The summed E-state index contributed by atoms with van der Waals surface area (Å²) in [5.41, 5.74) is 2.34. The molecule has 22 heavy (non-hydrogen) atoms. The number of anilines is 1. The molecule has 1 aliphatic heterocycles. The van der Waals surface area contributed by atoms with Gasteiger partial charge in [-0.2, -0.15) is 0 Å². The highest BCUT2D eigenvalue weighted by Crippen LogP contribution is 2.23. The first kappa shape index (κ1) is 16.6. The van der Waals surface area contributed by atoms with Crippen LogP contribution in [0.1, 0.15) is 11.6 Å². The van der Waals surface area contributed by atoms with Crippen LogP contribution in [0, 0.1) is 0 Å². The lowest BCUT2D eigenvalue weighted by atomic mass is 10.0. The summed E-state index contributed by atoms with van der Waals surface area (Å²) in [5.74, 6) is 0. The summed E-state index contributed by atoms with van der Waals surface area (Å²) in [4.78, 5) is 15.8. The van der Waals surface area contributed by atoms with E-state index in [4.69, 9.17) is 4.74 Å². The fourth-order valence-corrected chi connectivity index (χ4v) is 2.59. The summed E-state index contributed by atoms with van der Waals surface area (Å²) in [6.45, 7) is 3.70. The molecule has 0 aromatic heterocycles. The van der Waals surface area contributed by atoms with Gasteiger partial charge in [-0.05, 0) is 17.7 Å². The van der Waals surface area contributed by atoms with E-state index >= 15 is 0 Å². The highest BCUT2D eigenvalue weighted by molar-refractivity contribution is 5.66. The summed E-state index contributed by atoms with van der Waals surface area (Å²) in [6, 6.07) is 8.56. The summed E-state index contributed by atoms with van der Waals surface area (Å²) in [5, 5.41) is 2.81. The SMILES string of the molecule is COC(=O)NC[C@@H](c1ccc(N(C)C)cc1)N1CCOCC1. The molecular weight excluding hydrogens is 282 g/mol. The van der Waals surface area contributed by atoms with Crippen LogP contribution in [0.3, 0.4) is 0 Å². The summed E-state index contributed by atoms with van der Waals surface area (Å²) < 4.78 is 10.1. The lowest BCUT2D eigenvalue weighted by molar-refractivity contribution is 0.0162. The quantitative estimate of drug-likeness (QED) is 0.893. The maximum absolute atomic E-state index is 11.4. The summed E-state index contributed by atoms with van der Waals surface area (Å²) in [7, 11) is 5.42. The van der Waals surface area contributed by atoms with Gasteiger partial charge in [-0.15, -0.1) is 0 Å². The molecule has 1 N–H and O–H groups in total. The van der Waals surface area contributed by atoms with E-state index in [0.29, 0.717) is 6.54 Å². The van der Waals surface area contributed by atoms with E-state index in [1.54, 1.807) is 0 Å². The van der Waals surface area contributed by atoms with Gasteiger partial charge in [-0.1, -0.05) is 12.1 Å². The van der Waals surface area contributed by atoms with E-state index in [2.05, 4.69) is 44.1 Å². The second-order valence-corrected chi connectivity index (χ2v) is 5.52. The molecule has 1 aromatic carbocycles. The third-order valence-electron chi connectivity index (χ3n) is 3.91. The average molecular weight is 307 g/mol. The number of morpholine rings is 1. The zero-order valence-corrected chi connectivity index (χ0v) is 13.5. The zero-order chi connectivity index (χ0) is 15.9. The minimum Gasteiger partial charge on any atom is -0.453 e. The van der Waals surface area contributed by atoms with E-state index in [1.165, 1.54) is 12.7 Å². The van der Waals surface area contributed by atoms with Crippen LogP contribution in [-0.2, 0) is 9.47 Å². The van der Waals surface area contributed by atoms with Crippen molar-refractivity contribution >= 4 is 11.8 Å². The smallest absolute Gasteiger partial charge is 0.406 e. The Labute approximate surface area is 132 Å². The van der Waals surface area contributed by atoms with Crippen LogP contribution in [0.15, 0.2) is 24.3 Å². The van der Waals surface area contributed by atoms with Gasteiger partial charge >= 0.3 is 6.09 Å². The van der Waals surface area contributed by atoms with Gasteiger partial charge in [0.1, 0.15) is 0 Å². The minimum atomic E-state index is -0.400. The first-order valence-corrected chi connectivity index (χ1v) is 7.52. The predicted molar refractivity (Wildman–Crippen MR) is 86.3 cm³/mol. The lowest BCUT2D eigenvalue weighted by Crippen LogP contribution is -2.43. The van der Waals surface area contributed by atoms with E-state index in [9.17, 15) is 4.79 Å². The monoisotopic (exact) mass is 307 g/mol. The van der Waals surface area contributed by atoms with Crippen molar-refractivity contribution < 1.29 is 14.3 Å². The second-order valence-electron chi connectivity index (χ2n) is 5.52. The Balaban J connectivity index is 2.12. The number of carbonyl (C=O) groups excluding carboxylic acids is 1. The van der Waals surface area contributed by atoms with Crippen molar-refractivity contribution in [2.24, 2.45) is 0 Å². The van der Waals surface area contributed by atoms with Crippen LogP contribution in [0.2, 0.25) is 0 Å². The Bertz CT molecular complexity index is 470. The number of rotatable bonds is 5. The third kappa shape index (κ3) is 4.35. The van der Waals surface area contributed by atoms with Gasteiger partial charge in [-0.3, -0.25) is 4.90 Å². The number of nitrogens with zero attached hydrogens (tertiary/aromatic N) is 2. The number of alkyl carbamates (subject to hydrolysis) is 1. The van der Waals surface area contributed by atoms with Crippen molar-refractivity contribution in [2.75, 3.05) is 59.0 Å². The minimum absolute atomic E-state index is 0.124. The first-order chi connectivity index (χ1) is 10.6. The molecule has 6 nitrogen and oxygen atoms in total. The van der Waals surface area contributed by atoms with Gasteiger partial charge in [0.05, 0.1) is 26.4 Å². The lowest BCUT2D eigenvalue weighted by Gasteiger charge is -2.35. The van der Waals surface area contributed by atoms with Crippen LogP contribution in [0.5, 0.6) is 0 Å². The Morgan fingerprint density at radius 1 is 1.32 bits per heavy atom. The predicted octanol–water partition coefficient (Wildman–Crippen LogP) is 1.48. The Morgan fingerprint density at radius 2 is 1.95 bits per heavy atom. The molecule has 0 spiro atoms. The van der Waals surface area contributed by atoms with Crippen molar-refractivity contribution in [3.05, 3.63) is 29.8 Å². The molecule has 0 saturated carbocycles. The molecule has 1 saturated heterocycles. The number of hydrogen-bond donors (Lipinski definition) is 1. The summed E-state index contributed by atoms with van der Waals surface area (Å²) in [6.07, 6.45) is -0.400. The molecule has 1 fully saturated rings. The molecule has 1 atom stereocenters. The van der Waals surface area contributed by atoms with Crippen LogP contribution < -0.4 is 10.2 Å². The maximum Gasteiger partial charge on any atom is 0.406 e. The Hall–Kier alpha value is -1.79. The molecule has 0 unspecified atom stereocenters. The van der Waals surface area contributed by atoms with Crippen molar-refractivity contribution in [3.8, 4) is 0 Å². The maximum atomic E-state index is 11.4. The second kappa shape index (κ2) is 8.00. The van der Waals surface area contributed by atoms with Crippen molar-refractivity contribution in [2.45, 2.75) is 6.04 Å². The molecular formula is C16H25N3O3. The fraction of sp³-hybridized carbons (Fsp3) is 0.562.